The molecule has 0 aromatic heterocycles. The largest absolute Gasteiger partial charge is 0.507 e. The molecule has 20 heavy (non-hydrogen) atoms. The standard InChI is InChI=1S/C15H19ClN2O2/c1-17-11-3-4-12(17)9-18(7-6-11)15(20)13-5-2-10(16)8-14(13)19/h2,5,8,11-12,19H,3-4,6-7,9H2,1H3. The van der Waals surface area contributed by atoms with E-state index in [1.165, 1.54) is 12.5 Å². The van der Waals surface area contributed by atoms with E-state index in [0.29, 0.717) is 22.7 Å². The van der Waals surface area contributed by atoms with Gasteiger partial charge in [-0.25, -0.2) is 0 Å². The van der Waals surface area contributed by atoms with Crippen LogP contribution in [0.3, 0.4) is 0 Å². The molecular formula is C15H19ClN2O2. The van der Waals surface area contributed by atoms with E-state index in [1.54, 1.807) is 12.1 Å². The van der Waals surface area contributed by atoms with E-state index in [2.05, 4.69) is 11.9 Å². The van der Waals surface area contributed by atoms with Crippen LogP contribution in [0.5, 0.6) is 5.75 Å². The van der Waals surface area contributed by atoms with Crippen LogP contribution in [0.2, 0.25) is 5.02 Å². The molecule has 2 aliphatic rings. The third kappa shape index (κ3) is 2.38. The molecule has 2 unspecified atom stereocenters. The maximum atomic E-state index is 12.6. The summed E-state index contributed by atoms with van der Waals surface area (Å²) in [5, 5.41) is 10.3. The molecule has 2 fully saturated rings. The molecule has 2 saturated heterocycles. The molecule has 3 rings (SSSR count). The molecule has 2 bridgehead atoms. The fraction of sp³-hybridized carbons (Fsp3) is 0.533. The van der Waals surface area contributed by atoms with Gasteiger partial charge in [0.1, 0.15) is 5.75 Å². The van der Waals surface area contributed by atoms with Crippen LogP contribution in [0, 0.1) is 0 Å². The van der Waals surface area contributed by atoms with Crippen molar-refractivity contribution < 1.29 is 9.90 Å². The highest BCUT2D eigenvalue weighted by atomic mass is 35.5. The number of likely N-dealkylation sites (N-methyl/N-ethyl adjacent to an activating group) is 1. The molecule has 1 amide bonds. The molecule has 0 aliphatic carbocycles. The Kier molecular flexibility index (Phi) is 3.61. The summed E-state index contributed by atoms with van der Waals surface area (Å²) in [6.45, 7) is 1.50. The SMILES string of the molecule is CN1C2CCC1CN(C(=O)c1ccc(Cl)cc1O)CC2. The summed E-state index contributed by atoms with van der Waals surface area (Å²) in [7, 11) is 2.15. The summed E-state index contributed by atoms with van der Waals surface area (Å²) in [5.41, 5.74) is 0.342. The number of phenolic OH excluding ortho intramolecular Hbond substituents is 1. The van der Waals surface area contributed by atoms with E-state index < -0.39 is 0 Å². The molecule has 0 radical (unpaired) electrons. The predicted molar refractivity (Wildman–Crippen MR) is 78.2 cm³/mol. The number of carbonyl (C=O) groups excluding carboxylic acids is 1. The minimum atomic E-state index is -0.0971. The minimum Gasteiger partial charge on any atom is -0.507 e. The minimum absolute atomic E-state index is 0.0368. The summed E-state index contributed by atoms with van der Waals surface area (Å²) < 4.78 is 0. The Hall–Kier alpha value is -1.26. The molecule has 1 aromatic carbocycles. The van der Waals surface area contributed by atoms with E-state index in [0.717, 1.165) is 25.9 Å². The predicted octanol–water partition coefficient (Wildman–Crippen LogP) is 2.35. The number of benzene rings is 1. The molecule has 4 nitrogen and oxygen atoms in total. The zero-order valence-electron chi connectivity index (χ0n) is 11.6. The van der Waals surface area contributed by atoms with Crippen LogP contribution in [-0.4, -0.2) is 53.0 Å². The average molecular weight is 295 g/mol. The molecule has 0 spiro atoms. The molecule has 0 saturated carbocycles. The first-order valence-corrected chi connectivity index (χ1v) is 7.44. The number of amides is 1. The molecule has 1 aromatic rings. The lowest BCUT2D eigenvalue weighted by molar-refractivity contribution is 0.0737. The maximum Gasteiger partial charge on any atom is 0.257 e. The Morgan fingerprint density at radius 2 is 2.05 bits per heavy atom. The van der Waals surface area contributed by atoms with Gasteiger partial charge in [0.2, 0.25) is 0 Å². The first-order valence-electron chi connectivity index (χ1n) is 7.06. The average Bonchev–Trinajstić information content (AvgIpc) is 2.62. The van der Waals surface area contributed by atoms with E-state index in [1.807, 2.05) is 4.90 Å². The van der Waals surface area contributed by atoms with E-state index >= 15 is 0 Å². The zero-order chi connectivity index (χ0) is 14.3. The van der Waals surface area contributed by atoms with Gasteiger partial charge in [-0.05, 0) is 44.5 Å². The Morgan fingerprint density at radius 3 is 2.80 bits per heavy atom. The van der Waals surface area contributed by atoms with E-state index in [-0.39, 0.29) is 11.7 Å². The van der Waals surface area contributed by atoms with Crippen LogP contribution in [0.15, 0.2) is 18.2 Å². The number of nitrogens with zero attached hydrogens (tertiary/aromatic N) is 2. The van der Waals surface area contributed by atoms with E-state index in [9.17, 15) is 9.90 Å². The lowest BCUT2D eigenvalue weighted by Gasteiger charge is -2.26. The third-order valence-corrected chi connectivity index (χ3v) is 4.86. The van der Waals surface area contributed by atoms with Crippen molar-refractivity contribution in [1.29, 1.82) is 0 Å². The van der Waals surface area contributed by atoms with Crippen LogP contribution in [0.25, 0.3) is 0 Å². The van der Waals surface area contributed by atoms with Gasteiger partial charge in [-0.3, -0.25) is 9.69 Å². The molecule has 108 valence electrons. The van der Waals surface area contributed by atoms with Crippen molar-refractivity contribution in [1.82, 2.24) is 9.80 Å². The number of hydrogen-bond donors (Lipinski definition) is 1. The van der Waals surface area contributed by atoms with Gasteiger partial charge in [0.15, 0.2) is 0 Å². The Morgan fingerprint density at radius 1 is 1.30 bits per heavy atom. The number of rotatable bonds is 1. The Balaban J connectivity index is 1.80. The van der Waals surface area contributed by atoms with Gasteiger partial charge in [0, 0.05) is 30.2 Å². The lowest BCUT2D eigenvalue weighted by Crippen LogP contribution is -2.39. The second-order valence-corrected chi connectivity index (χ2v) is 6.19. The molecule has 2 aliphatic heterocycles. The van der Waals surface area contributed by atoms with E-state index in [4.69, 9.17) is 11.6 Å². The molecular weight excluding hydrogens is 276 g/mol. The summed E-state index contributed by atoms with van der Waals surface area (Å²) >= 11 is 5.81. The van der Waals surface area contributed by atoms with Crippen LogP contribution in [0.4, 0.5) is 0 Å². The van der Waals surface area contributed by atoms with Crippen molar-refractivity contribution >= 4 is 17.5 Å². The topological polar surface area (TPSA) is 43.8 Å². The van der Waals surface area contributed by atoms with Crippen molar-refractivity contribution in [2.75, 3.05) is 20.1 Å². The molecule has 2 atom stereocenters. The van der Waals surface area contributed by atoms with Gasteiger partial charge in [-0.1, -0.05) is 11.6 Å². The van der Waals surface area contributed by atoms with Crippen LogP contribution >= 0.6 is 11.6 Å². The number of aromatic hydroxyl groups is 1. The number of hydrogen-bond acceptors (Lipinski definition) is 3. The zero-order valence-corrected chi connectivity index (χ0v) is 12.3. The second kappa shape index (κ2) is 5.26. The molecule has 2 heterocycles. The number of halogens is 1. The van der Waals surface area contributed by atoms with Crippen LogP contribution in [0.1, 0.15) is 29.6 Å². The number of fused-ring (bicyclic) bond motifs is 2. The highest BCUT2D eigenvalue weighted by molar-refractivity contribution is 6.30. The summed E-state index contributed by atoms with van der Waals surface area (Å²) in [5.74, 6) is -0.134. The maximum absolute atomic E-state index is 12.6. The Labute approximate surface area is 123 Å². The first kappa shape index (κ1) is 13.7. The van der Waals surface area contributed by atoms with Gasteiger partial charge < -0.3 is 10.0 Å². The normalized spacial score (nSPS) is 26.6. The quantitative estimate of drug-likeness (QED) is 0.865. The highest BCUT2D eigenvalue weighted by Crippen LogP contribution is 2.30. The van der Waals surface area contributed by atoms with Gasteiger partial charge in [-0.15, -0.1) is 0 Å². The monoisotopic (exact) mass is 294 g/mol. The number of phenols is 1. The van der Waals surface area contributed by atoms with Gasteiger partial charge in [-0.2, -0.15) is 0 Å². The summed E-state index contributed by atoms with van der Waals surface area (Å²) in [6.07, 6.45) is 3.39. The van der Waals surface area contributed by atoms with Crippen molar-refractivity contribution in [3.8, 4) is 5.75 Å². The first-order chi connectivity index (χ1) is 9.56. The molecule has 1 N–H and O–H groups in total. The van der Waals surface area contributed by atoms with Crippen LogP contribution < -0.4 is 0 Å². The Bertz CT molecular complexity index is 535. The smallest absolute Gasteiger partial charge is 0.257 e. The third-order valence-electron chi connectivity index (χ3n) is 4.63. The summed E-state index contributed by atoms with van der Waals surface area (Å²) in [4.78, 5) is 16.8. The number of likely N-dealkylation sites (tertiary alicyclic amines) is 1. The number of carbonyl (C=O) groups is 1. The van der Waals surface area contributed by atoms with Gasteiger partial charge in [0.25, 0.3) is 5.91 Å². The highest BCUT2D eigenvalue weighted by Gasteiger charge is 2.36. The van der Waals surface area contributed by atoms with Crippen molar-refractivity contribution in [3.05, 3.63) is 28.8 Å². The van der Waals surface area contributed by atoms with Crippen molar-refractivity contribution in [2.45, 2.75) is 31.3 Å². The second-order valence-electron chi connectivity index (χ2n) is 5.75. The van der Waals surface area contributed by atoms with Gasteiger partial charge in [0.05, 0.1) is 5.56 Å². The molecule has 5 heteroatoms. The lowest BCUT2D eigenvalue weighted by atomic mass is 10.1. The fourth-order valence-corrected chi connectivity index (χ4v) is 3.52. The fourth-order valence-electron chi connectivity index (χ4n) is 3.35. The summed E-state index contributed by atoms with van der Waals surface area (Å²) in [6, 6.07) is 5.71. The van der Waals surface area contributed by atoms with Crippen LogP contribution in [-0.2, 0) is 0 Å². The van der Waals surface area contributed by atoms with Crippen molar-refractivity contribution in [3.63, 3.8) is 0 Å². The van der Waals surface area contributed by atoms with Gasteiger partial charge >= 0.3 is 0 Å². The van der Waals surface area contributed by atoms with Crippen molar-refractivity contribution in [2.24, 2.45) is 0 Å².